The number of carboxylic acid groups (broad SMARTS) is 1. The molecule has 0 saturated carbocycles. The van der Waals surface area contributed by atoms with Gasteiger partial charge >= 0.3 is 5.97 Å². The number of nitrogens with two attached hydrogens (primary N) is 1. The maximum Gasteiger partial charge on any atom is 0.322 e. The summed E-state index contributed by atoms with van der Waals surface area (Å²) >= 11 is 1.59. The number of aliphatic carboxylic acids is 1. The van der Waals surface area contributed by atoms with Gasteiger partial charge in [0.15, 0.2) is 0 Å². The van der Waals surface area contributed by atoms with Crippen molar-refractivity contribution in [2.75, 3.05) is 18.6 Å². The third kappa shape index (κ3) is 7.34. The van der Waals surface area contributed by atoms with Crippen molar-refractivity contribution in [3.63, 3.8) is 0 Å². The van der Waals surface area contributed by atoms with Gasteiger partial charge in [-0.25, -0.2) is 0 Å². The van der Waals surface area contributed by atoms with Crippen LogP contribution in [0.25, 0.3) is 0 Å². The van der Waals surface area contributed by atoms with E-state index in [1.54, 1.807) is 25.6 Å². The summed E-state index contributed by atoms with van der Waals surface area (Å²) in [6, 6.07) is -1.46. The Bertz CT molecular complexity index is 350. The Labute approximate surface area is 123 Å². The molecule has 0 rings (SSSR count). The molecule has 8 heteroatoms. The maximum absolute atomic E-state index is 11.9. The van der Waals surface area contributed by atoms with Crippen LogP contribution in [0, 0.1) is 5.92 Å². The number of carbonyl (C=O) groups is 3. The monoisotopic (exact) mass is 305 g/mol. The first-order valence-electron chi connectivity index (χ1n) is 6.34. The molecule has 0 aromatic rings. The highest BCUT2D eigenvalue weighted by Gasteiger charge is 2.26. The molecule has 0 bridgehead atoms. The number of hydrogen-bond donors (Lipinski definition) is 4. The molecule has 0 aromatic heterocycles. The van der Waals surface area contributed by atoms with Gasteiger partial charge in [0.2, 0.25) is 11.8 Å². The van der Waals surface area contributed by atoms with Crippen LogP contribution >= 0.6 is 11.8 Å². The molecular formula is C12H23N3O4S. The quantitative estimate of drug-likeness (QED) is 0.452. The van der Waals surface area contributed by atoms with E-state index in [1.807, 2.05) is 6.26 Å². The lowest BCUT2D eigenvalue weighted by atomic mass is 10.0. The number of hydrogen-bond acceptors (Lipinski definition) is 5. The molecule has 7 nitrogen and oxygen atoms in total. The minimum Gasteiger partial charge on any atom is -0.480 e. The van der Waals surface area contributed by atoms with Crippen LogP contribution in [0.1, 0.15) is 20.3 Å². The SMILES string of the molecule is CSCCC(N)C(=O)NC(C(=O)NCC(=O)O)C(C)C. The fourth-order valence-corrected chi connectivity index (χ4v) is 1.93. The molecule has 2 atom stereocenters. The third-order valence-electron chi connectivity index (χ3n) is 2.63. The van der Waals surface area contributed by atoms with Crippen LogP contribution in [0.2, 0.25) is 0 Å². The highest BCUT2D eigenvalue weighted by atomic mass is 32.2. The van der Waals surface area contributed by atoms with Crippen molar-refractivity contribution < 1.29 is 19.5 Å². The second-order valence-corrected chi connectivity index (χ2v) is 5.72. The Morgan fingerprint density at radius 3 is 2.30 bits per heavy atom. The molecule has 20 heavy (non-hydrogen) atoms. The average Bonchev–Trinajstić information content (AvgIpc) is 2.38. The first kappa shape index (κ1) is 18.7. The minimum absolute atomic E-state index is 0.166. The first-order valence-corrected chi connectivity index (χ1v) is 7.73. The largest absolute Gasteiger partial charge is 0.480 e. The number of rotatable bonds is 9. The van der Waals surface area contributed by atoms with E-state index in [9.17, 15) is 14.4 Å². The fourth-order valence-electron chi connectivity index (χ4n) is 1.44. The van der Waals surface area contributed by atoms with E-state index in [0.717, 1.165) is 5.75 Å². The van der Waals surface area contributed by atoms with E-state index in [0.29, 0.717) is 6.42 Å². The van der Waals surface area contributed by atoms with E-state index < -0.39 is 36.4 Å². The molecule has 0 heterocycles. The highest BCUT2D eigenvalue weighted by Crippen LogP contribution is 2.04. The van der Waals surface area contributed by atoms with Crippen molar-refractivity contribution in [1.29, 1.82) is 0 Å². The maximum atomic E-state index is 11.9. The van der Waals surface area contributed by atoms with Crippen molar-refractivity contribution in [1.82, 2.24) is 10.6 Å². The third-order valence-corrected chi connectivity index (χ3v) is 3.27. The predicted octanol–water partition coefficient (Wildman–Crippen LogP) is -0.592. The molecule has 0 aliphatic carbocycles. The van der Waals surface area contributed by atoms with Crippen molar-refractivity contribution in [2.24, 2.45) is 11.7 Å². The fraction of sp³-hybridized carbons (Fsp3) is 0.750. The van der Waals surface area contributed by atoms with Crippen LogP contribution in [0.4, 0.5) is 0 Å². The lowest BCUT2D eigenvalue weighted by Gasteiger charge is -2.23. The first-order chi connectivity index (χ1) is 9.29. The Kier molecular flexibility index (Phi) is 8.98. The van der Waals surface area contributed by atoms with E-state index in [4.69, 9.17) is 10.8 Å². The lowest BCUT2D eigenvalue weighted by molar-refractivity contribution is -0.138. The van der Waals surface area contributed by atoms with Gasteiger partial charge in [-0.2, -0.15) is 11.8 Å². The van der Waals surface area contributed by atoms with Crippen molar-refractivity contribution in [3.8, 4) is 0 Å². The van der Waals surface area contributed by atoms with Crippen LogP contribution in [0.5, 0.6) is 0 Å². The van der Waals surface area contributed by atoms with Crippen molar-refractivity contribution >= 4 is 29.5 Å². The summed E-state index contributed by atoms with van der Waals surface area (Å²) < 4.78 is 0. The summed E-state index contributed by atoms with van der Waals surface area (Å²) in [5.74, 6) is -1.47. The van der Waals surface area contributed by atoms with Gasteiger partial charge in [-0.05, 0) is 24.3 Å². The topological polar surface area (TPSA) is 122 Å². The molecular weight excluding hydrogens is 282 g/mol. The number of carboxylic acids is 1. The van der Waals surface area contributed by atoms with Gasteiger partial charge in [0, 0.05) is 0 Å². The van der Waals surface area contributed by atoms with Crippen LogP contribution < -0.4 is 16.4 Å². The van der Waals surface area contributed by atoms with Crippen LogP contribution in [0.3, 0.4) is 0 Å². The van der Waals surface area contributed by atoms with Gasteiger partial charge in [0.1, 0.15) is 12.6 Å². The van der Waals surface area contributed by atoms with Gasteiger partial charge in [-0.3, -0.25) is 14.4 Å². The summed E-state index contributed by atoms with van der Waals surface area (Å²) in [6.07, 6.45) is 2.44. The summed E-state index contributed by atoms with van der Waals surface area (Å²) in [5, 5.41) is 13.3. The molecule has 0 spiro atoms. The standard InChI is InChI=1S/C12H23N3O4S/c1-7(2)10(12(19)14-6-9(16)17)15-11(18)8(13)4-5-20-3/h7-8,10H,4-6,13H2,1-3H3,(H,14,19)(H,15,18)(H,16,17). The highest BCUT2D eigenvalue weighted by molar-refractivity contribution is 7.98. The van der Waals surface area contributed by atoms with Crippen molar-refractivity contribution in [2.45, 2.75) is 32.4 Å². The van der Waals surface area contributed by atoms with Gasteiger partial charge in [0.25, 0.3) is 0 Å². The Morgan fingerprint density at radius 1 is 1.25 bits per heavy atom. The van der Waals surface area contributed by atoms with E-state index >= 15 is 0 Å². The number of nitrogens with one attached hydrogen (secondary N) is 2. The molecule has 0 saturated heterocycles. The molecule has 5 N–H and O–H groups in total. The van der Waals surface area contributed by atoms with Crippen LogP contribution in [-0.2, 0) is 14.4 Å². The summed E-state index contributed by atoms with van der Waals surface area (Å²) in [4.78, 5) is 34.1. The van der Waals surface area contributed by atoms with Crippen LogP contribution in [0.15, 0.2) is 0 Å². The van der Waals surface area contributed by atoms with Gasteiger partial charge in [0.05, 0.1) is 6.04 Å². The zero-order chi connectivity index (χ0) is 15.7. The molecule has 2 unspecified atom stereocenters. The second-order valence-electron chi connectivity index (χ2n) is 4.73. The summed E-state index contributed by atoms with van der Waals surface area (Å²) in [7, 11) is 0. The minimum atomic E-state index is -1.14. The summed E-state index contributed by atoms with van der Waals surface area (Å²) in [6.45, 7) is 3.05. The Morgan fingerprint density at radius 2 is 1.85 bits per heavy atom. The number of amides is 2. The van der Waals surface area contributed by atoms with Gasteiger partial charge in [-0.15, -0.1) is 0 Å². The molecule has 0 fully saturated rings. The number of carbonyl (C=O) groups excluding carboxylic acids is 2. The molecule has 0 radical (unpaired) electrons. The normalized spacial score (nSPS) is 13.7. The predicted molar refractivity (Wildman–Crippen MR) is 78.4 cm³/mol. The second kappa shape index (κ2) is 9.60. The molecule has 0 aliphatic rings. The zero-order valence-corrected chi connectivity index (χ0v) is 12.8. The lowest BCUT2D eigenvalue weighted by Crippen LogP contribution is -2.54. The summed E-state index contributed by atoms with van der Waals surface area (Å²) in [5.41, 5.74) is 5.72. The van der Waals surface area contributed by atoms with Crippen LogP contribution in [-0.4, -0.2) is 53.5 Å². The Balaban J connectivity index is 4.49. The molecule has 0 aliphatic heterocycles. The van der Waals surface area contributed by atoms with E-state index in [2.05, 4.69) is 10.6 Å². The molecule has 116 valence electrons. The van der Waals surface area contributed by atoms with E-state index in [1.165, 1.54) is 0 Å². The van der Waals surface area contributed by atoms with Gasteiger partial charge in [-0.1, -0.05) is 13.8 Å². The van der Waals surface area contributed by atoms with Gasteiger partial charge < -0.3 is 21.5 Å². The zero-order valence-electron chi connectivity index (χ0n) is 12.0. The molecule has 2 amide bonds. The smallest absolute Gasteiger partial charge is 0.322 e. The van der Waals surface area contributed by atoms with E-state index in [-0.39, 0.29) is 5.92 Å². The number of thioether (sulfide) groups is 1. The molecule has 0 aromatic carbocycles. The average molecular weight is 305 g/mol. The Hall–Kier alpha value is -1.28. The van der Waals surface area contributed by atoms with Crippen molar-refractivity contribution in [3.05, 3.63) is 0 Å².